The summed E-state index contributed by atoms with van der Waals surface area (Å²) in [6.45, 7) is 2.65. The molecule has 8 heteroatoms. The van der Waals surface area contributed by atoms with E-state index in [0.29, 0.717) is 0 Å². The number of carbonyl (C=O) groups excluding carboxylic acids is 3. The molecule has 3 amide bonds. The van der Waals surface area contributed by atoms with E-state index in [1.54, 1.807) is 0 Å². The van der Waals surface area contributed by atoms with Crippen molar-refractivity contribution in [2.45, 2.75) is 19.4 Å². The molecule has 0 aliphatic carbocycles. The lowest BCUT2D eigenvalue weighted by molar-refractivity contribution is -0.143. The number of furan rings is 1. The van der Waals surface area contributed by atoms with Gasteiger partial charge in [0.25, 0.3) is 11.8 Å². The van der Waals surface area contributed by atoms with Crippen LogP contribution < -0.4 is 5.32 Å². The quantitative estimate of drug-likeness (QED) is 0.728. The zero-order valence-electron chi connectivity index (χ0n) is 10.8. The number of carboxylic acids is 1. The highest BCUT2D eigenvalue weighted by Crippen LogP contribution is 2.22. The van der Waals surface area contributed by atoms with Gasteiger partial charge in [-0.05, 0) is 26.0 Å². The van der Waals surface area contributed by atoms with Crippen LogP contribution in [0.25, 0.3) is 0 Å². The minimum absolute atomic E-state index is 0.238. The number of carbonyl (C=O) groups is 4. The second kappa shape index (κ2) is 4.48. The third-order valence-corrected chi connectivity index (χ3v) is 3.06. The number of nitrogens with zero attached hydrogens (tertiary/aromatic N) is 1. The first-order valence-corrected chi connectivity index (χ1v) is 5.73. The molecule has 0 radical (unpaired) electrons. The van der Waals surface area contributed by atoms with E-state index in [1.807, 2.05) is 0 Å². The predicted octanol–water partition coefficient (Wildman–Crippen LogP) is -0.145. The zero-order chi connectivity index (χ0) is 15.1. The molecule has 1 aliphatic rings. The summed E-state index contributed by atoms with van der Waals surface area (Å²) in [4.78, 5) is 47.1. The van der Waals surface area contributed by atoms with Crippen LogP contribution in [0.4, 0.5) is 0 Å². The van der Waals surface area contributed by atoms with E-state index in [2.05, 4.69) is 5.32 Å². The van der Waals surface area contributed by atoms with Crippen LogP contribution in [0.5, 0.6) is 0 Å². The summed E-state index contributed by atoms with van der Waals surface area (Å²) in [6.07, 6.45) is 0. The van der Waals surface area contributed by atoms with Crippen molar-refractivity contribution < 1.29 is 28.7 Å². The molecule has 0 bridgehead atoms. The van der Waals surface area contributed by atoms with Gasteiger partial charge in [0, 0.05) is 0 Å². The van der Waals surface area contributed by atoms with Gasteiger partial charge < -0.3 is 14.4 Å². The van der Waals surface area contributed by atoms with Gasteiger partial charge in [0.2, 0.25) is 11.7 Å². The van der Waals surface area contributed by atoms with Crippen LogP contribution in [0.1, 0.15) is 35.0 Å². The van der Waals surface area contributed by atoms with E-state index in [0.717, 1.165) is 11.0 Å². The molecular formula is C12H12N2O6. The van der Waals surface area contributed by atoms with Crippen molar-refractivity contribution in [1.82, 2.24) is 10.2 Å². The third-order valence-electron chi connectivity index (χ3n) is 3.06. The highest BCUT2D eigenvalue weighted by Gasteiger charge is 2.44. The normalized spacial score (nSPS) is 17.8. The minimum Gasteiger partial charge on any atom is -0.475 e. The fourth-order valence-corrected chi connectivity index (χ4v) is 1.81. The van der Waals surface area contributed by atoms with E-state index in [9.17, 15) is 19.2 Å². The lowest BCUT2D eigenvalue weighted by Crippen LogP contribution is -2.65. The topological polar surface area (TPSA) is 117 Å². The molecule has 20 heavy (non-hydrogen) atoms. The molecule has 0 spiro atoms. The third kappa shape index (κ3) is 2.15. The van der Waals surface area contributed by atoms with Gasteiger partial charge in [0.1, 0.15) is 12.1 Å². The first-order valence-electron chi connectivity index (χ1n) is 5.73. The molecule has 0 aromatic carbocycles. The molecule has 2 N–H and O–H groups in total. The Morgan fingerprint density at radius 1 is 1.30 bits per heavy atom. The molecule has 1 aliphatic heterocycles. The second-order valence-electron chi connectivity index (χ2n) is 4.80. The van der Waals surface area contributed by atoms with Crippen molar-refractivity contribution >= 4 is 23.7 Å². The maximum absolute atomic E-state index is 12.2. The van der Waals surface area contributed by atoms with Gasteiger partial charge in [-0.15, -0.1) is 0 Å². The molecule has 8 nitrogen and oxygen atoms in total. The summed E-state index contributed by atoms with van der Waals surface area (Å²) in [6, 6.07) is 2.33. The standard InChI is InChI=1S/C12H12N2O6/c1-12(2)11(19)13-8(15)5-14(12)9(16)6-3-4-7(20-6)10(17)18/h3-4H,5H2,1-2H3,(H,17,18)(H,13,15,19). The molecule has 106 valence electrons. The molecule has 1 fully saturated rings. The number of carboxylic acid groups (broad SMARTS) is 1. The first kappa shape index (κ1) is 13.8. The summed E-state index contributed by atoms with van der Waals surface area (Å²) in [5.74, 6) is -3.86. The van der Waals surface area contributed by atoms with Gasteiger partial charge in [-0.3, -0.25) is 19.7 Å². The largest absolute Gasteiger partial charge is 0.475 e. The molecule has 1 saturated heterocycles. The molecular weight excluding hydrogens is 268 g/mol. The average Bonchev–Trinajstić information content (AvgIpc) is 2.83. The maximum atomic E-state index is 12.2. The summed E-state index contributed by atoms with van der Waals surface area (Å²) in [7, 11) is 0. The number of rotatable bonds is 2. The Balaban J connectivity index is 2.32. The smallest absolute Gasteiger partial charge is 0.371 e. The van der Waals surface area contributed by atoms with Gasteiger partial charge in [0.15, 0.2) is 5.76 Å². The zero-order valence-corrected chi connectivity index (χ0v) is 10.8. The number of amides is 3. The van der Waals surface area contributed by atoms with Crippen molar-refractivity contribution in [2.75, 3.05) is 6.54 Å². The number of hydrogen-bond acceptors (Lipinski definition) is 5. The fraction of sp³-hybridized carbons (Fsp3) is 0.333. The molecule has 2 rings (SSSR count). The minimum atomic E-state index is -1.31. The molecule has 1 aromatic rings. The van der Waals surface area contributed by atoms with Crippen LogP contribution in [0.15, 0.2) is 16.5 Å². The average molecular weight is 280 g/mol. The Hall–Kier alpha value is -2.64. The van der Waals surface area contributed by atoms with E-state index in [-0.39, 0.29) is 18.1 Å². The van der Waals surface area contributed by atoms with Gasteiger partial charge >= 0.3 is 5.97 Å². The van der Waals surface area contributed by atoms with Crippen LogP contribution >= 0.6 is 0 Å². The first-order chi connectivity index (χ1) is 9.23. The van der Waals surface area contributed by atoms with E-state index in [4.69, 9.17) is 9.52 Å². The van der Waals surface area contributed by atoms with Crippen LogP contribution in [-0.4, -0.2) is 45.8 Å². The second-order valence-corrected chi connectivity index (χ2v) is 4.80. The number of imide groups is 1. The lowest BCUT2D eigenvalue weighted by Gasteiger charge is -2.39. The van der Waals surface area contributed by atoms with Crippen molar-refractivity contribution in [3.05, 3.63) is 23.7 Å². The lowest BCUT2D eigenvalue weighted by atomic mass is 9.98. The summed E-state index contributed by atoms with van der Waals surface area (Å²) in [5, 5.41) is 10.9. The van der Waals surface area contributed by atoms with Crippen LogP contribution in [0.3, 0.4) is 0 Å². The van der Waals surface area contributed by atoms with Gasteiger partial charge in [-0.25, -0.2) is 4.79 Å². The van der Waals surface area contributed by atoms with E-state index in [1.165, 1.54) is 19.9 Å². The molecule has 0 saturated carbocycles. The molecule has 0 atom stereocenters. The summed E-state index contributed by atoms with van der Waals surface area (Å²) >= 11 is 0. The summed E-state index contributed by atoms with van der Waals surface area (Å²) < 4.78 is 4.89. The molecule has 2 heterocycles. The Morgan fingerprint density at radius 2 is 1.90 bits per heavy atom. The number of hydrogen-bond donors (Lipinski definition) is 2. The van der Waals surface area contributed by atoms with Crippen molar-refractivity contribution in [3.63, 3.8) is 0 Å². The highest BCUT2D eigenvalue weighted by atomic mass is 16.4. The Labute approximate surface area is 113 Å². The van der Waals surface area contributed by atoms with Crippen LogP contribution in [-0.2, 0) is 9.59 Å². The van der Waals surface area contributed by atoms with Crippen LogP contribution in [0, 0.1) is 0 Å². The fourth-order valence-electron chi connectivity index (χ4n) is 1.81. The number of nitrogens with one attached hydrogen (secondary N) is 1. The Kier molecular flexibility index (Phi) is 3.09. The maximum Gasteiger partial charge on any atom is 0.371 e. The molecule has 0 unspecified atom stereocenters. The SMILES string of the molecule is CC1(C)C(=O)NC(=O)CN1C(=O)c1ccc(C(=O)O)o1. The predicted molar refractivity (Wildman–Crippen MR) is 63.9 cm³/mol. The van der Waals surface area contributed by atoms with Crippen molar-refractivity contribution in [3.8, 4) is 0 Å². The number of aromatic carboxylic acids is 1. The van der Waals surface area contributed by atoms with Crippen molar-refractivity contribution in [2.24, 2.45) is 0 Å². The highest BCUT2D eigenvalue weighted by molar-refractivity contribution is 6.08. The van der Waals surface area contributed by atoms with E-state index >= 15 is 0 Å². The monoisotopic (exact) mass is 280 g/mol. The van der Waals surface area contributed by atoms with Crippen molar-refractivity contribution in [1.29, 1.82) is 0 Å². The van der Waals surface area contributed by atoms with Gasteiger partial charge in [0.05, 0.1) is 0 Å². The van der Waals surface area contributed by atoms with Gasteiger partial charge in [-0.1, -0.05) is 0 Å². The van der Waals surface area contributed by atoms with Gasteiger partial charge in [-0.2, -0.15) is 0 Å². The Bertz CT molecular complexity index is 615. The van der Waals surface area contributed by atoms with E-state index < -0.39 is 29.2 Å². The number of piperazine rings is 1. The van der Waals surface area contributed by atoms with Crippen LogP contribution in [0.2, 0.25) is 0 Å². The Morgan fingerprint density at radius 3 is 2.45 bits per heavy atom. The molecule has 1 aromatic heterocycles. The summed E-state index contributed by atoms with van der Waals surface area (Å²) in [5.41, 5.74) is -1.23.